The van der Waals surface area contributed by atoms with Crippen LogP contribution in [-0.4, -0.2) is 54.2 Å². The van der Waals surface area contributed by atoms with E-state index >= 15 is 0 Å². The molecule has 2 fully saturated rings. The van der Waals surface area contributed by atoms with Gasteiger partial charge in [-0.2, -0.15) is 0 Å². The van der Waals surface area contributed by atoms with Crippen molar-refractivity contribution in [3.8, 4) is 5.75 Å². The van der Waals surface area contributed by atoms with E-state index in [-0.39, 0.29) is 11.3 Å². The van der Waals surface area contributed by atoms with Crippen LogP contribution in [0.25, 0.3) is 0 Å². The molecule has 0 radical (unpaired) electrons. The molecule has 5 heteroatoms. The SMILES string of the molecule is CN(C)CCO/N=C/[C@H]1CC[C@]2(O)C[C@@H](c3ccc(O)cc3)CC[C@]12C. The molecule has 2 aliphatic carbocycles. The standard InChI is InChI=1S/C21H32N2O3/c1-20-10-8-17(16-4-6-19(24)7-5-16)14-21(20,25)11-9-18(20)15-22-26-13-12-23(2)3/h4-7,15,17-18,24-25H,8-14H2,1-3H3/b22-15+/t17-,18+,20+,21-/m0/s1. The second-order valence-electron chi connectivity index (χ2n) is 8.52. The normalized spacial score (nSPS) is 34.3. The lowest BCUT2D eigenvalue weighted by Gasteiger charge is -2.48. The Morgan fingerprint density at radius 1 is 1.23 bits per heavy atom. The maximum absolute atomic E-state index is 11.4. The predicted octanol–water partition coefficient (Wildman–Crippen LogP) is 3.37. The number of benzene rings is 1. The molecule has 0 heterocycles. The number of hydrogen-bond donors (Lipinski definition) is 2. The average Bonchev–Trinajstić information content (AvgIpc) is 2.86. The van der Waals surface area contributed by atoms with Crippen molar-refractivity contribution in [3.05, 3.63) is 29.8 Å². The third-order valence-electron chi connectivity index (χ3n) is 6.66. The maximum atomic E-state index is 11.4. The Balaban J connectivity index is 1.64. The summed E-state index contributed by atoms with van der Waals surface area (Å²) in [5.41, 5.74) is 0.408. The summed E-state index contributed by atoms with van der Waals surface area (Å²) in [7, 11) is 4.02. The van der Waals surface area contributed by atoms with Crippen molar-refractivity contribution >= 4 is 6.21 Å². The monoisotopic (exact) mass is 360 g/mol. The molecule has 0 unspecified atom stereocenters. The minimum Gasteiger partial charge on any atom is -0.508 e. The molecule has 2 aliphatic rings. The molecule has 0 aromatic heterocycles. The highest BCUT2D eigenvalue weighted by molar-refractivity contribution is 5.62. The minimum atomic E-state index is -0.659. The van der Waals surface area contributed by atoms with Crippen LogP contribution in [0.2, 0.25) is 0 Å². The first-order valence-corrected chi connectivity index (χ1v) is 9.65. The molecule has 0 aliphatic heterocycles. The largest absolute Gasteiger partial charge is 0.508 e. The minimum absolute atomic E-state index is 0.144. The highest BCUT2D eigenvalue weighted by atomic mass is 16.6. The zero-order chi connectivity index (χ0) is 18.8. The molecule has 2 saturated carbocycles. The van der Waals surface area contributed by atoms with Crippen molar-refractivity contribution in [1.29, 1.82) is 0 Å². The third kappa shape index (κ3) is 3.74. The molecule has 26 heavy (non-hydrogen) atoms. The van der Waals surface area contributed by atoms with E-state index in [1.807, 2.05) is 32.4 Å². The van der Waals surface area contributed by atoms with Crippen LogP contribution in [0, 0.1) is 11.3 Å². The van der Waals surface area contributed by atoms with E-state index in [1.54, 1.807) is 12.1 Å². The van der Waals surface area contributed by atoms with Crippen molar-refractivity contribution in [2.75, 3.05) is 27.2 Å². The van der Waals surface area contributed by atoms with E-state index < -0.39 is 5.60 Å². The maximum Gasteiger partial charge on any atom is 0.129 e. The quantitative estimate of drug-likeness (QED) is 0.464. The van der Waals surface area contributed by atoms with Crippen LogP contribution >= 0.6 is 0 Å². The van der Waals surface area contributed by atoms with Gasteiger partial charge in [-0.15, -0.1) is 0 Å². The van der Waals surface area contributed by atoms with Gasteiger partial charge in [0.15, 0.2) is 0 Å². The Bertz CT molecular complexity index is 631. The van der Waals surface area contributed by atoms with Gasteiger partial charge < -0.3 is 20.0 Å². The number of hydrogen-bond acceptors (Lipinski definition) is 5. The second-order valence-corrected chi connectivity index (χ2v) is 8.52. The molecule has 0 spiro atoms. The summed E-state index contributed by atoms with van der Waals surface area (Å²) in [6.45, 7) is 3.64. The Hall–Kier alpha value is -1.59. The van der Waals surface area contributed by atoms with E-state index in [2.05, 4.69) is 17.0 Å². The lowest BCUT2D eigenvalue weighted by Crippen LogP contribution is -2.49. The van der Waals surface area contributed by atoms with E-state index in [0.717, 1.165) is 38.6 Å². The fourth-order valence-corrected chi connectivity index (χ4v) is 4.74. The fraction of sp³-hybridized carbons (Fsp3) is 0.667. The molecule has 3 rings (SSSR count). The van der Waals surface area contributed by atoms with Crippen LogP contribution in [0.5, 0.6) is 5.75 Å². The summed E-state index contributed by atoms with van der Waals surface area (Å²) in [4.78, 5) is 7.45. The summed E-state index contributed by atoms with van der Waals surface area (Å²) in [5.74, 6) is 0.896. The molecule has 1 aromatic rings. The van der Waals surface area contributed by atoms with Crippen molar-refractivity contribution in [3.63, 3.8) is 0 Å². The van der Waals surface area contributed by atoms with Gasteiger partial charge in [0.1, 0.15) is 12.4 Å². The van der Waals surface area contributed by atoms with Gasteiger partial charge in [-0.25, -0.2) is 0 Å². The Morgan fingerprint density at radius 3 is 2.65 bits per heavy atom. The van der Waals surface area contributed by atoms with Crippen LogP contribution in [0.15, 0.2) is 29.4 Å². The number of fused-ring (bicyclic) bond motifs is 1. The lowest BCUT2D eigenvalue weighted by atomic mass is 9.59. The van der Waals surface area contributed by atoms with Crippen LogP contribution in [0.1, 0.15) is 50.5 Å². The zero-order valence-corrected chi connectivity index (χ0v) is 16.2. The Kier molecular flexibility index (Phi) is 5.58. The molecule has 144 valence electrons. The zero-order valence-electron chi connectivity index (χ0n) is 16.2. The van der Waals surface area contributed by atoms with E-state index in [1.165, 1.54) is 5.56 Å². The van der Waals surface area contributed by atoms with Crippen LogP contribution in [0.3, 0.4) is 0 Å². The number of aliphatic hydroxyl groups is 1. The first kappa shape index (κ1) is 19.2. The number of phenolic OH excluding ortho intramolecular Hbond substituents is 1. The number of phenols is 1. The van der Waals surface area contributed by atoms with Gasteiger partial charge in [0.05, 0.1) is 5.60 Å². The summed E-state index contributed by atoms with van der Waals surface area (Å²) < 4.78 is 0. The van der Waals surface area contributed by atoms with E-state index in [9.17, 15) is 10.2 Å². The first-order chi connectivity index (χ1) is 12.3. The molecule has 5 nitrogen and oxygen atoms in total. The highest BCUT2D eigenvalue weighted by Crippen LogP contribution is 2.60. The van der Waals surface area contributed by atoms with Gasteiger partial charge >= 0.3 is 0 Å². The Morgan fingerprint density at radius 2 is 1.96 bits per heavy atom. The second kappa shape index (κ2) is 7.57. The van der Waals surface area contributed by atoms with Crippen molar-refractivity contribution < 1.29 is 15.1 Å². The number of oxime groups is 1. The number of nitrogens with zero attached hydrogens (tertiary/aromatic N) is 2. The van der Waals surface area contributed by atoms with Crippen molar-refractivity contribution in [1.82, 2.24) is 4.90 Å². The smallest absolute Gasteiger partial charge is 0.129 e. The molecule has 0 amide bonds. The predicted molar refractivity (Wildman–Crippen MR) is 103 cm³/mol. The molecule has 4 atom stereocenters. The van der Waals surface area contributed by atoms with Gasteiger partial charge in [-0.1, -0.05) is 24.2 Å². The number of rotatable bonds is 6. The highest BCUT2D eigenvalue weighted by Gasteiger charge is 2.58. The summed E-state index contributed by atoms with van der Waals surface area (Å²) in [5, 5.41) is 25.1. The third-order valence-corrected chi connectivity index (χ3v) is 6.66. The van der Waals surface area contributed by atoms with Crippen molar-refractivity contribution in [2.45, 2.75) is 50.5 Å². The molecular formula is C21H32N2O3. The van der Waals surface area contributed by atoms with Crippen LogP contribution < -0.4 is 0 Å². The van der Waals surface area contributed by atoms with Crippen LogP contribution in [-0.2, 0) is 4.84 Å². The first-order valence-electron chi connectivity index (χ1n) is 9.65. The summed E-state index contributed by atoms with van der Waals surface area (Å²) in [6.07, 6.45) is 6.50. The summed E-state index contributed by atoms with van der Waals surface area (Å²) in [6, 6.07) is 7.45. The number of likely N-dealkylation sites (N-methyl/N-ethyl adjacent to an activating group) is 1. The van der Waals surface area contributed by atoms with Gasteiger partial charge in [0.25, 0.3) is 0 Å². The molecular weight excluding hydrogens is 328 g/mol. The topological polar surface area (TPSA) is 65.3 Å². The van der Waals surface area contributed by atoms with Crippen LogP contribution in [0.4, 0.5) is 0 Å². The van der Waals surface area contributed by atoms with E-state index in [0.29, 0.717) is 18.3 Å². The van der Waals surface area contributed by atoms with Gasteiger partial charge in [-0.05, 0) is 69.8 Å². The summed E-state index contributed by atoms with van der Waals surface area (Å²) >= 11 is 0. The molecule has 2 N–H and O–H groups in total. The Labute approximate surface area is 156 Å². The lowest BCUT2D eigenvalue weighted by molar-refractivity contribution is -0.0959. The number of aromatic hydroxyl groups is 1. The van der Waals surface area contributed by atoms with Gasteiger partial charge in [0.2, 0.25) is 0 Å². The molecule has 1 aromatic carbocycles. The van der Waals surface area contributed by atoms with Crippen molar-refractivity contribution in [2.24, 2.45) is 16.5 Å². The van der Waals surface area contributed by atoms with Gasteiger partial charge in [0, 0.05) is 24.1 Å². The molecule has 0 saturated heterocycles. The fourth-order valence-electron chi connectivity index (χ4n) is 4.74. The molecule has 0 bridgehead atoms. The average molecular weight is 360 g/mol. The van der Waals surface area contributed by atoms with E-state index in [4.69, 9.17) is 4.84 Å². The van der Waals surface area contributed by atoms with Gasteiger partial charge in [-0.3, -0.25) is 0 Å².